The molecular weight excluding hydrogens is 250 g/mol. The van der Waals surface area contributed by atoms with Crippen LogP contribution in [0.4, 0.5) is 0 Å². The molecule has 2 unspecified atom stereocenters. The summed E-state index contributed by atoms with van der Waals surface area (Å²) in [6, 6.07) is 8.58. The molecule has 4 heteroatoms. The summed E-state index contributed by atoms with van der Waals surface area (Å²) < 4.78 is 7.74. The highest BCUT2D eigenvalue weighted by molar-refractivity contribution is 5.26. The Morgan fingerprint density at radius 2 is 2.05 bits per heavy atom. The third kappa shape index (κ3) is 3.00. The van der Waals surface area contributed by atoms with E-state index < -0.39 is 0 Å². The van der Waals surface area contributed by atoms with Gasteiger partial charge in [0.15, 0.2) is 0 Å². The first-order valence-corrected chi connectivity index (χ1v) is 7.31. The zero-order chi connectivity index (χ0) is 13.9. The fourth-order valence-electron chi connectivity index (χ4n) is 2.77. The van der Waals surface area contributed by atoms with E-state index in [9.17, 15) is 0 Å². The van der Waals surface area contributed by atoms with Crippen LogP contribution in [0.3, 0.4) is 0 Å². The van der Waals surface area contributed by atoms with Crippen LogP contribution in [-0.2, 0) is 6.61 Å². The lowest BCUT2D eigenvalue weighted by Gasteiger charge is -2.08. The summed E-state index contributed by atoms with van der Waals surface area (Å²) in [5.74, 6) is 1.68. The number of benzene rings is 1. The van der Waals surface area contributed by atoms with Crippen LogP contribution < -0.4 is 4.74 Å². The molecule has 1 saturated carbocycles. The third-order valence-corrected chi connectivity index (χ3v) is 4.01. The Morgan fingerprint density at radius 3 is 2.75 bits per heavy atom. The first-order chi connectivity index (χ1) is 9.70. The summed E-state index contributed by atoms with van der Waals surface area (Å²) in [7, 11) is 0. The van der Waals surface area contributed by atoms with Crippen molar-refractivity contribution in [1.29, 1.82) is 0 Å². The predicted octanol–water partition coefficient (Wildman–Crippen LogP) is 3.53. The lowest BCUT2D eigenvalue weighted by atomic mass is 10.1. The molecule has 0 spiro atoms. The maximum absolute atomic E-state index is 5.73. The molecule has 3 rings (SSSR count). The van der Waals surface area contributed by atoms with Gasteiger partial charge >= 0.3 is 0 Å². The summed E-state index contributed by atoms with van der Waals surface area (Å²) in [4.78, 5) is 0. The van der Waals surface area contributed by atoms with Gasteiger partial charge in [-0.2, -0.15) is 0 Å². The summed E-state index contributed by atoms with van der Waals surface area (Å²) >= 11 is 0. The lowest BCUT2D eigenvalue weighted by Crippen LogP contribution is -2.05. The second kappa shape index (κ2) is 5.65. The molecule has 0 aliphatic heterocycles. The van der Waals surface area contributed by atoms with Crippen molar-refractivity contribution in [3.8, 4) is 5.75 Å². The van der Waals surface area contributed by atoms with E-state index in [1.807, 2.05) is 35.1 Å². The molecule has 0 N–H and O–H groups in total. The highest BCUT2D eigenvalue weighted by Crippen LogP contribution is 2.33. The van der Waals surface area contributed by atoms with Crippen LogP contribution in [0.5, 0.6) is 5.75 Å². The van der Waals surface area contributed by atoms with E-state index in [1.165, 1.54) is 24.8 Å². The van der Waals surface area contributed by atoms with Crippen LogP contribution in [0.1, 0.15) is 43.5 Å². The van der Waals surface area contributed by atoms with Crippen LogP contribution >= 0.6 is 0 Å². The van der Waals surface area contributed by atoms with Crippen molar-refractivity contribution in [2.75, 3.05) is 0 Å². The number of rotatable bonds is 4. The largest absolute Gasteiger partial charge is 0.487 e. The minimum atomic E-state index is 0.478. The maximum atomic E-state index is 5.73. The van der Waals surface area contributed by atoms with E-state index in [0.717, 1.165) is 17.4 Å². The fourth-order valence-corrected chi connectivity index (χ4v) is 2.77. The highest BCUT2D eigenvalue weighted by atomic mass is 16.5. The molecule has 2 aromatic rings. The quantitative estimate of drug-likeness (QED) is 0.854. The van der Waals surface area contributed by atoms with E-state index in [2.05, 4.69) is 24.2 Å². The van der Waals surface area contributed by atoms with E-state index in [1.54, 1.807) is 0 Å². The fraction of sp³-hybridized carbons (Fsp3) is 0.500. The zero-order valence-electron chi connectivity index (χ0n) is 12.1. The minimum absolute atomic E-state index is 0.478. The van der Waals surface area contributed by atoms with E-state index in [-0.39, 0.29) is 0 Å². The molecule has 0 saturated heterocycles. The SMILES string of the molecule is Cc1ccc(OCc2cn(C3CCC(C)C3)nn2)cc1. The molecule has 0 radical (unpaired) electrons. The smallest absolute Gasteiger partial charge is 0.134 e. The van der Waals surface area contributed by atoms with Gasteiger partial charge in [-0.25, -0.2) is 4.68 Å². The summed E-state index contributed by atoms with van der Waals surface area (Å²) in [5.41, 5.74) is 2.13. The monoisotopic (exact) mass is 271 g/mol. The summed E-state index contributed by atoms with van der Waals surface area (Å²) in [6.07, 6.45) is 5.74. The molecule has 0 bridgehead atoms. The van der Waals surface area contributed by atoms with Crippen LogP contribution in [0.2, 0.25) is 0 Å². The molecule has 20 heavy (non-hydrogen) atoms. The first-order valence-electron chi connectivity index (χ1n) is 7.31. The Balaban J connectivity index is 1.58. The van der Waals surface area contributed by atoms with E-state index in [4.69, 9.17) is 4.74 Å². The minimum Gasteiger partial charge on any atom is -0.487 e. The van der Waals surface area contributed by atoms with Gasteiger partial charge < -0.3 is 4.74 Å². The summed E-state index contributed by atoms with van der Waals surface area (Å²) in [6.45, 7) is 4.85. The molecule has 2 atom stereocenters. The molecule has 1 aliphatic carbocycles. The van der Waals surface area contributed by atoms with Crippen LogP contribution in [0.15, 0.2) is 30.5 Å². The Morgan fingerprint density at radius 1 is 1.25 bits per heavy atom. The van der Waals surface area contributed by atoms with Gasteiger partial charge in [-0.05, 0) is 44.2 Å². The molecule has 106 valence electrons. The highest BCUT2D eigenvalue weighted by Gasteiger charge is 2.23. The topological polar surface area (TPSA) is 39.9 Å². The van der Waals surface area contributed by atoms with Crippen molar-refractivity contribution in [3.05, 3.63) is 41.7 Å². The van der Waals surface area contributed by atoms with Crippen molar-refractivity contribution in [1.82, 2.24) is 15.0 Å². The van der Waals surface area contributed by atoms with Crippen molar-refractivity contribution in [2.45, 2.75) is 45.8 Å². The van der Waals surface area contributed by atoms with Gasteiger partial charge in [-0.1, -0.05) is 29.8 Å². The second-order valence-corrected chi connectivity index (χ2v) is 5.86. The molecule has 1 heterocycles. The number of hydrogen-bond acceptors (Lipinski definition) is 3. The standard InChI is InChI=1S/C16H21N3O/c1-12-4-7-16(8-5-12)20-11-14-10-19(18-17-14)15-6-3-13(2)9-15/h4-5,7-8,10,13,15H,3,6,9,11H2,1-2H3. The molecular formula is C16H21N3O. The van der Waals surface area contributed by atoms with Crippen molar-refractivity contribution in [2.24, 2.45) is 5.92 Å². The first kappa shape index (κ1) is 13.2. The predicted molar refractivity (Wildman–Crippen MR) is 77.6 cm³/mol. The zero-order valence-corrected chi connectivity index (χ0v) is 12.1. The number of aromatic nitrogens is 3. The van der Waals surface area contributed by atoms with Crippen molar-refractivity contribution < 1.29 is 4.74 Å². The Kier molecular flexibility index (Phi) is 3.72. The van der Waals surface area contributed by atoms with Gasteiger partial charge in [0.1, 0.15) is 18.1 Å². The van der Waals surface area contributed by atoms with Crippen LogP contribution in [0, 0.1) is 12.8 Å². The van der Waals surface area contributed by atoms with Gasteiger partial charge in [-0.3, -0.25) is 0 Å². The molecule has 1 fully saturated rings. The normalized spacial score (nSPS) is 22.1. The van der Waals surface area contributed by atoms with Crippen LogP contribution in [0.25, 0.3) is 0 Å². The average molecular weight is 271 g/mol. The Hall–Kier alpha value is -1.84. The Bertz CT molecular complexity index is 561. The number of aryl methyl sites for hydroxylation is 1. The van der Waals surface area contributed by atoms with Crippen molar-refractivity contribution in [3.63, 3.8) is 0 Å². The molecule has 0 amide bonds. The number of nitrogens with zero attached hydrogens (tertiary/aromatic N) is 3. The van der Waals surface area contributed by atoms with E-state index >= 15 is 0 Å². The lowest BCUT2D eigenvalue weighted by molar-refractivity contribution is 0.301. The molecule has 4 nitrogen and oxygen atoms in total. The van der Waals surface area contributed by atoms with Crippen LogP contribution in [-0.4, -0.2) is 15.0 Å². The number of ether oxygens (including phenoxy) is 1. The van der Waals surface area contributed by atoms with E-state index in [0.29, 0.717) is 12.6 Å². The molecule has 1 aliphatic rings. The van der Waals surface area contributed by atoms with Gasteiger partial charge in [0.25, 0.3) is 0 Å². The summed E-state index contributed by atoms with van der Waals surface area (Å²) in [5, 5.41) is 8.45. The average Bonchev–Trinajstić information content (AvgIpc) is 3.07. The molecule has 1 aromatic heterocycles. The number of hydrogen-bond donors (Lipinski definition) is 0. The molecule has 1 aromatic carbocycles. The van der Waals surface area contributed by atoms with Gasteiger partial charge in [-0.15, -0.1) is 5.10 Å². The second-order valence-electron chi connectivity index (χ2n) is 5.86. The van der Waals surface area contributed by atoms with Crippen molar-refractivity contribution >= 4 is 0 Å². The Labute approximate surface area is 119 Å². The maximum Gasteiger partial charge on any atom is 0.134 e. The third-order valence-electron chi connectivity index (χ3n) is 4.01. The van der Waals surface area contributed by atoms with Gasteiger partial charge in [0.2, 0.25) is 0 Å². The van der Waals surface area contributed by atoms with Gasteiger partial charge in [0.05, 0.1) is 12.2 Å². The van der Waals surface area contributed by atoms with Gasteiger partial charge in [0, 0.05) is 0 Å².